The number of alkyl halides is 4. The normalized spacial score (nSPS) is 15.4. The fraction of sp³-hybridized carbons (Fsp3) is 0.310. The van der Waals surface area contributed by atoms with Gasteiger partial charge in [-0.3, -0.25) is 9.48 Å². The van der Waals surface area contributed by atoms with Gasteiger partial charge >= 0.3 is 6.61 Å². The third-order valence-electron chi connectivity index (χ3n) is 7.14. The first kappa shape index (κ1) is 29.2. The summed E-state index contributed by atoms with van der Waals surface area (Å²) < 4.78 is 71.1. The Balaban J connectivity index is 1.55. The summed E-state index contributed by atoms with van der Waals surface area (Å²) in [5.74, 6) is -0.688. The van der Waals surface area contributed by atoms with Crippen LogP contribution >= 0.6 is 0 Å². The fourth-order valence-corrected chi connectivity index (χ4v) is 5.28. The van der Waals surface area contributed by atoms with Gasteiger partial charge in [-0.2, -0.15) is 13.9 Å². The predicted molar refractivity (Wildman–Crippen MR) is 149 cm³/mol. The van der Waals surface area contributed by atoms with Crippen LogP contribution < -0.4 is 14.8 Å². The summed E-state index contributed by atoms with van der Waals surface area (Å²) in [7, 11) is 1.52. The number of nitrogens with one attached hydrogen (secondary N) is 1. The molecule has 3 aromatic rings. The zero-order chi connectivity index (χ0) is 31.1. The average molecular weight is 614 g/mol. The first-order valence-electron chi connectivity index (χ1n) is 13.6. The molecule has 15 heteroatoms. The van der Waals surface area contributed by atoms with Gasteiger partial charge in [0.1, 0.15) is 24.2 Å². The largest absolute Gasteiger partial charge is 0.475 e. The van der Waals surface area contributed by atoms with Crippen molar-refractivity contribution < 1.29 is 36.9 Å². The smallest absolute Gasteiger partial charge is 0.388 e. The number of ether oxygens (including phenoxy) is 2. The molecular weight excluding hydrogens is 586 g/mol. The molecule has 3 aliphatic rings. The van der Waals surface area contributed by atoms with E-state index in [2.05, 4.69) is 15.5 Å². The number of fused-ring (bicyclic) bond motifs is 2. The lowest BCUT2D eigenvalue weighted by Gasteiger charge is -2.26. The SMILES string of the molecule is CC(O)C(=O)N[C@@H]1COc2c(-c3nc4n(Cc5ccccc5)cccc-4c3-c3cn(C)nc3OC(F)F)c(C(F)F)nn2C1. The van der Waals surface area contributed by atoms with Crippen LogP contribution in [0.5, 0.6) is 11.8 Å². The van der Waals surface area contributed by atoms with Crippen molar-refractivity contribution in [2.75, 3.05) is 6.61 Å². The fourth-order valence-electron chi connectivity index (χ4n) is 5.28. The zero-order valence-corrected chi connectivity index (χ0v) is 23.5. The summed E-state index contributed by atoms with van der Waals surface area (Å²) >= 11 is 0. The Hall–Kier alpha value is -4.92. The summed E-state index contributed by atoms with van der Waals surface area (Å²) in [6.07, 6.45) is -1.11. The van der Waals surface area contributed by atoms with Crippen molar-refractivity contribution in [1.29, 1.82) is 0 Å². The maximum Gasteiger partial charge on any atom is 0.388 e. The Morgan fingerprint density at radius 2 is 1.89 bits per heavy atom. The summed E-state index contributed by atoms with van der Waals surface area (Å²) in [5.41, 5.74) is 1.03. The van der Waals surface area contributed by atoms with Gasteiger partial charge in [0.05, 0.1) is 29.4 Å². The molecule has 11 nitrogen and oxygen atoms in total. The van der Waals surface area contributed by atoms with E-state index < -0.39 is 42.7 Å². The van der Waals surface area contributed by atoms with Crippen molar-refractivity contribution in [3.8, 4) is 45.5 Å². The van der Waals surface area contributed by atoms with E-state index in [4.69, 9.17) is 14.5 Å². The third-order valence-corrected chi connectivity index (χ3v) is 7.14. The van der Waals surface area contributed by atoms with Gasteiger partial charge in [-0.1, -0.05) is 30.3 Å². The molecule has 1 amide bonds. The van der Waals surface area contributed by atoms with Gasteiger partial charge in [-0.25, -0.2) is 18.4 Å². The quantitative estimate of drug-likeness (QED) is 0.240. The molecule has 0 aliphatic carbocycles. The van der Waals surface area contributed by atoms with E-state index in [0.29, 0.717) is 17.9 Å². The molecule has 1 unspecified atom stereocenters. The molecule has 0 saturated carbocycles. The molecule has 2 N–H and O–H groups in total. The van der Waals surface area contributed by atoms with Crippen LogP contribution in [-0.4, -0.2) is 65.5 Å². The van der Waals surface area contributed by atoms with Crippen molar-refractivity contribution in [1.82, 2.24) is 34.4 Å². The molecule has 2 atom stereocenters. The lowest BCUT2D eigenvalue weighted by molar-refractivity contribution is -0.129. The summed E-state index contributed by atoms with van der Waals surface area (Å²) in [5, 5.41) is 20.3. The highest BCUT2D eigenvalue weighted by Gasteiger charge is 2.37. The topological polar surface area (TPSA) is 121 Å². The number of amides is 1. The van der Waals surface area contributed by atoms with Crippen LogP contribution in [0.25, 0.3) is 33.8 Å². The van der Waals surface area contributed by atoms with E-state index in [9.17, 15) is 27.5 Å². The van der Waals surface area contributed by atoms with Crippen LogP contribution in [0.2, 0.25) is 0 Å². The minimum absolute atomic E-state index is 0.0168. The Bertz CT molecular complexity index is 1770. The van der Waals surface area contributed by atoms with Crippen LogP contribution in [0.1, 0.15) is 24.6 Å². The van der Waals surface area contributed by atoms with Crippen LogP contribution in [0.15, 0.2) is 54.9 Å². The molecule has 2 aromatic heterocycles. The molecule has 3 aliphatic heterocycles. The number of carbonyl (C=O) groups excluding carboxylic acids is 1. The van der Waals surface area contributed by atoms with Gasteiger partial charge in [-0.15, -0.1) is 5.10 Å². The first-order chi connectivity index (χ1) is 21.1. The molecule has 44 heavy (non-hydrogen) atoms. The molecule has 1 aromatic carbocycles. The number of aromatic nitrogens is 6. The standard InChI is InChI=1S/C29H27F4N7O4/c1-15(41)26(42)34-17-12-40-28(43-14-17)21(23(36-40)24(30)31)22-20(19-13-38(2)37-27(19)44-29(32)33)18-9-6-10-39(25(18)35-22)11-16-7-4-3-5-8-16/h3-10,13,15,17,24,29,41H,11-12,14H2,1-2H3,(H,34,42)/t15?,17-/m0/s1. The minimum Gasteiger partial charge on any atom is -0.475 e. The highest BCUT2D eigenvalue weighted by atomic mass is 19.3. The van der Waals surface area contributed by atoms with Gasteiger partial charge in [0.25, 0.3) is 6.43 Å². The number of aryl methyl sites for hydroxylation is 1. The van der Waals surface area contributed by atoms with Gasteiger partial charge in [-0.05, 0) is 24.6 Å². The molecule has 230 valence electrons. The van der Waals surface area contributed by atoms with Crippen molar-refractivity contribution in [3.63, 3.8) is 0 Å². The number of pyridine rings is 1. The molecule has 0 radical (unpaired) electrons. The molecule has 0 saturated heterocycles. The lowest BCUT2D eigenvalue weighted by atomic mass is 9.98. The zero-order valence-electron chi connectivity index (χ0n) is 23.5. The number of benzene rings is 1. The van der Waals surface area contributed by atoms with Crippen molar-refractivity contribution in [2.24, 2.45) is 7.05 Å². The molecule has 5 heterocycles. The number of aliphatic hydroxyl groups is 1. The van der Waals surface area contributed by atoms with E-state index >= 15 is 0 Å². The second-order valence-corrected chi connectivity index (χ2v) is 10.3. The maximum atomic E-state index is 14.6. The van der Waals surface area contributed by atoms with Crippen LogP contribution in [-0.2, 0) is 24.9 Å². The molecule has 6 rings (SSSR count). The van der Waals surface area contributed by atoms with E-state index in [1.807, 2.05) is 34.9 Å². The molecule has 0 spiro atoms. The Labute approximate surface area is 248 Å². The van der Waals surface area contributed by atoms with Gasteiger partial charge < -0.3 is 24.5 Å². The second-order valence-electron chi connectivity index (χ2n) is 10.3. The number of rotatable bonds is 9. The highest BCUT2D eigenvalue weighted by molar-refractivity contribution is 5.97. The van der Waals surface area contributed by atoms with Crippen LogP contribution in [0.4, 0.5) is 17.6 Å². The number of aliphatic hydroxyl groups excluding tert-OH is 1. The van der Waals surface area contributed by atoms with Gasteiger partial charge in [0.15, 0.2) is 0 Å². The molecule has 0 bridgehead atoms. The first-order valence-corrected chi connectivity index (χ1v) is 13.6. The molecule has 0 fully saturated rings. The van der Waals surface area contributed by atoms with E-state index in [1.54, 1.807) is 18.3 Å². The minimum atomic E-state index is -3.19. The Morgan fingerprint density at radius 1 is 1.11 bits per heavy atom. The summed E-state index contributed by atoms with van der Waals surface area (Å²) in [6, 6.07) is 12.3. The number of halogens is 4. The van der Waals surface area contributed by atoms with Crippen LogP contribution in [0, 0.1) is 0 Å². The lowest BCUT2D eigenvalue weighted by Crippen LogP contribution is -2.47. The number of hydrogen-bond donors (Lipinski definition) is 2. The van der Waals surface area contributed by atoms with Gasteiger partial charge in [0.2, 0.25) is 17.7 Å². The van der Waals surface area contributed by atoms with E-state index in [1.165, 1.54) is 29.5 Å². The summed E-state index contributed by atoms with van der Waals surface area (Å²) in [6.45, 7) is -1.63. The Morgan fingerprint density at radius 3 is 2.59 bits per heavy atom. The summed E-state index contributed by atoms with van der Waals surface area (Å²) in [4.78, 5) is 16.9. The van der Waals surface area contributed by atoms with E-state index in [0.717, 1.165) is 5.56 Å². The monoisotopic (exact) mass is 613 g/mol. The highest BCUT2D eigenvalue weighted by Crippen LogP contribution is 2.49. The van der Waals surface area contributed by atoms with Crippen LogP contribution in [0.3, 0.4) is 0 Å². The predicted octanol–water partition coefficient (Wildman–Crippen LogP) is 4.10. The number of carbonyl (C=O) groups is 1. The number of hydrogen-bond acceptors (Lipinski definition) is 7. The Kier molecular flexibility index (Phi) is 7.71. The third kappa shape index (κ3) is 5.45. The van der Waals surface area contributed by atoms with Crippen molar-refractivity contribution >= 4 is 5.91 Å². The number of nitrogens with zero attached hydrogens (tertiary/aromatic N) is 6. The maximum absolute atomic E-state index is 14.6. The average Bonchev–Trinajstić information content (AvgIpc) is 3.65. The van der Waals surface area contributed by atoms with Crippen molar-refractivity contribution in [2.45, 2.75) is 45.2 Å². The van der Waals surface area contributed by atoms with Gasteiger partial charge in [0, 0.05) is 37.1 Å². The second kappa shape index (κ2) is 11.6. The van der Waals surface area contributed by atoms with E-state index in [-0.39, 0.29) is 41.4 Å². The molecular formula is C29H27F4N7O4. The van der Waals surface area contributed by atoms with Crippen molar-refractivity contribution in [3.05, 3.63) is 66.1 Å².